The Hall–Kier alpha value is -3.55. The van der Waals surface area contributed by atoms with Gasteiger partial charge in [-0.3, -0.25) is 14.5 Å². The van der Waals surface area contributed by atoms with Crippen LogP contribution in [0.15, 0.2) is 42.5 Å². The molecule has 0 aliphatic carbocycles. The fourth-order valence-electron chi connectivity index (χ4n) is 4.48. The van der Waals surface area contributed by atoms with Gasteiger partial charge in [0, 0.05) is 18.0 Å². The highest BCUT2D eigenvalue weighted by atomic mass is 16.6. The zero-order valence-electron chi connectivity index (χ0n) is 19.0. The van der Waals surface area contributed by atoms with Crippen LogP contribution in [0, 0.1) is 0 Å². The highest BCUT2D eigenvalue weighted by Gasteiger charge is 2.47. The molecular formula is C25H28N2O6. The zero-order valence-corrected chi connectivity index (χ0v) is 19.0. The standard InChI is InChI=1S/C25H28N2O6/c1-15(9-10-16-7-5-4-6-8-16)26-23(29)18-12-14-20(28)27(18)24-17-11-13-19(31-2)22(32-3)21(17)25(30)33-24/h4-8,11,13,15,18,24H,9-10,12,14H2,1-3H3,(H,26,29)/t15?,18-,24?/m0/s1. The number of methoxy groups -OCH3 is 2. The third kappa shape index (κ3) is 4.37. The van der Waals surface area contributed by atoms with E-state index in [9.17, 15) is 14.4 Å². The van der Waals surface area contributed by atoms with Gasteiger partial charge in [-0.1, -0.05) is 30.3 Å². The van der Waals surface area contributed by atoms with Crippen LogP contribution in [0.3, 0.4) is 0 Å². The molecule has 2 aliphatic rings. The number of hydrogen-bond donors (Lipinski definition) is 1. The molecule has 2 heterocycles. The van der Waals surface area contributed by atoms with Crippen LogP contribution in [0.5, 0.6) is 11.5 Å². The van der Waals surface area contributed by atoms with Crippen molar-refractivity contribution in [1.82, 2.24) is 10.2 Å². The number of cyclic esters (lactones) is 1. The Morgan fingerprint density at radius 1 is 1.15 bits per heavy atom. The van der Waals surface area contributed by atoms with Crippen molar-refractivity contribution in [2.45, 2.75) is 50.9 Å². The van der Waals surface area contributed by atoms with Gasteiger partial charge < -0.3 is 19.5 Å². The molecule has 4 rings (SSSR count). The van der Waals surface area contributed by atoms with Gasteiger partial charge in [0.05, 0.1) is 14.2 Å². The smallest absolute Gasteiger partial charge is 0.344 e. The van der Waals surface area contributed by atoms with E-state index in [0.717, 1.165) is 12.8 Å². The Morgan fingerprint density at radius 3 is 2.61 bits per heavy atom. The van der Waals surface area contributed by atoms with Gasteiger partial charge in [-0.15, -0.1) is 0 Å². The molecule has 2 aromatic carbocycles. The number of aryl methyl sites for hydroxylation is 1. The number of esters is 1. The van der Waals surface area contributed by atoms with E-state index in [1.165, 1.54) is 24.7 Å². The van der Waals surface area contributed by atoms with Crippen LogP contribution in [0.4, 0.5) is 0 Å². The van der Waals surface area contributed by atoms with Crippen LogP contribution >= 0.6 is 0 Å². The minimum absolute atomic E-state index is 0.0713. The van der Waals surface area contributed by atoms with Crippen molar-refractivity contribution in [3.05, 3.63) is 59.2 Å². The quantitative estimate of drug-likeness (QED) is 0.619. The van der Waals surface area contributed by atoms with Gasteiger partial charge in [0.2, 0.25) is 18.0 Å². The fourth-order valence-corrected chi connectivity index (χ4v) is 4.48. The molecule has 0 saturated carbocycles. The van der Waals surface area contributed by atoms with Crippen LogP contribution < -0.4 is 14.8 Å². The average molecular weight is 453 g/mol. The van der Waals surface area contributed by atoms with E-state index in [2.05, 4.69) is 17.4 Å². The molecule has 0 radical (unpaired) electrons. The summed E-state index contributed by atoms with van der Waals surface area (Å²) in [6.45, 7) is 1.95. The van der Waals surface area contributed by atoms with Crippen LogP contribution in [-0.2, 0) is 20.7 Å². The largest absolute Gasteiger partial charge is 0.493 e. The van der Waals surface area contributed by atoms with E-state index in [4.69, 9.17) is 14.2 Å². The zero-order chi connectivity index (χ0) is 23.5. The number of likely N-dealkylation sites (tertiary alicyclic amines) is 1. The summed E-state index contributed by atoms with van der Waals surface area (Å²) in [4.78, 5) is 39.9. The maximum absolute atomic E-state index is 13.1. The number of carbonyl (C=O) groups is 3. The Bertz CT molecular complexity index is 1050. The van der Waals surface area contributed by atoms with Crippen molar-refractivity contribution < 1.29 is 28.6 Å². The molecule has 1 N–H and O–H groups in total. The maximum Gasteiger partial charge on any atom is 0.344 e. The Balaban J connectivity index is 1.50. The SMILES string of the molecule is COc1ccc2c(c1OC)C(=O)OC2N1C(=O)CC[C@H]1C(=O)NC(C)CCc1ccccc1. The minimum Gasteiger partial charge on any atom is -0.493 e. The molecule has 0 spiro atoms. The summed E-state index contributed by atoms with van der Waals surface area (Å²) in [6, 6.07) is 12.6. The minimum atomic E-state index is -0.974. The first-order valence-corrected chi connectivity index (χ1v) is 11.1. The summed E-state index contributed by atoms with van der Waals surface area (Å²) in [7, 11) is 2.91. The first kappa shape index (κ1) is 22.6. The van der Waals surface area contributed by atoms with Crippen LogP contribution in [-0.4, -0.2) is 49.0 Å². The second kappa shape index (κ2) is 9.52. The molecule has 1 fully saturated rings. The van der Waals surface area contributed by atoms with Crippen molar-refractivity contribution in [2.75, 3.05) is 14.2 Å². The number of hydrogen-bond acceptors (Lipinski definition) is 6. The summed E-state index contributed by atoms with van der Waals surface area (Å²) in [5.74, 6) is -0.437. The maximum atomic E-state index is 13.1. The van der Waals surface area contributed by atoms with Crippen molar-refractivity contribution >= 4 is 17.8 Å². The van der Waals surface area contributed by atoms with Gasteiger partial charge in [0.1, 0.15) is 11.6 Å². The molecule has 8 nitrogen and oxygen atoms in total. The molecule has 0 aromatic heterocycles. The first-order chi connectivity index (χ1) is 15.9. The number of rotatable bonds is 8. The van der Waals surface area contributed by atoms with Crippen molar-refractivity contribution in [1.29, 1.82) is 0 Å². The van der Waals surface area contributed by atoms with E-state index in [1.54, 1.807) is 12.1 Å². The molecule has 33 heavy (non-hydrogen) atoms. The number of carbonyl (C=O) groups excluding carboxylic acids is 3. The van der Waals surface area contributed by atoms with E-state index in [1.807, 2.05) is 25.1 Å². The van der Waals surface area contributed by atoms with Gasteiger partial charge >= 0.3 is 5.97 Å². The van der Waals surface area contributed by atoms with Crippen LogP contribution in [0.25, 0.3) is 0 Å². The highest BCUT2D eigenvalue weighted by molar-refractivity contribution is 5.99. The summed E-state index contributed by atoms with van der Waals surface area (Å²) >= 11 is 0. The molecule has 2 unspecified atom stereocenters. The predicted molar refractivity (Wildman–Crippen MR) is 120 cm³/mol. The lowest BCUT2D eigenvalue weighted by Gasteiger charge is -2.30. The number of nitrogens with zero attached hydrogens (tertiary/aromatic N) is 1. The molecule has 2 aromatic rings. The predicted octanol–water partition coefficient (Wildman–Crippen LogP) is 3.00. The Morgan fingerprint density at radius 2 is 1.91 bits per heavy atom. The van der Waals surface area contributed by atoms with Crippen molar-refractivity contribution in [3.63, 3.8) is 0 Å². The molecule has 3 atom stereocenters. The lowest BCUT2D eigenvalue weighted by Crippen LogP contribution is -2.48. The van der Waals surface area contributed by atoms with Crippen molar-refractivity contribution in [3.8, 4) is 11.5 Å². The summed E-state index contributed by atoms with van der Waals surface area (Å²) < 4.78 is 16.2. The van der Waals surface area contributed by atoms with Crippen molar-refractivity contribution in [2.24, 2.45) is 0 Å². The average Bonchev–Trinajstić information content (AvgIpc) is 3.37. The van der Waals surface area contributed by atoms with E-state index in [0.29, 0.717) is 17.7 Å². The summed E-state index contributed by atoms with van der Waals surface area (Å²) in [5.41, 5.74) is 1.91. The summed E-state index contributed by atoms with van der Waals surface area (Å²) in [5, 5.41) is 3.02. The van der Waals surface area contributed by atoms with Gasteiger partial charge in [-0.05, 0) is 43.9 Å². The van der Waals surface area contributed by atoms with E-state index < -0.39 is 18.2 Å². The molecule has 2 aliphatic heterocycles. The lowest BCUT2D eigenvalue weighted by molar-refractivity contribution is -0.146. The van der Waals surface area contributed by atoms with Gasteiger partial charge in [0.15, 0.2) is 11.5 Å². The molecule has 174 valence electrons. The molecule has 0 bridgehead atoms. The van der Waals surface area contributed by atoms with E-state index in [-0.39, 0.29) is 35.6 Å². The number of amides is 2. The third-order valence-electron chi connectivity index (χ3n) is 6.17. The van der Waals surface area contributed by atoms with Gasteiger partial charge in [-0.2, -0.15) is 0 Å². The molecule has 1 saturated heterocycles. The first-order valence-electron chi connectivity index (χ1n) is 11.1. The monoisotopic (exact) mass is 452 g/mol. The van der Waals surface area contributed by atoms with Gasteiger partial charge in [-0.25, -0.2) is 4.79 Å². The number of benzene rings is 2. The third-order valence-corrected chi connectivity index (χ3v) is 6.17. The lowest BCUT2D eigenvalue weighted by atomic mass is 10.0. The fraction of sp³-hybridized carbons (Fsp3) is 0.400. The molecular weight excluding hydrogens is 424 g/mol. The Labute approximate surface area is 192 Å². The van der Waals surface area contributed by atoms with E-state index >= 15 is 0 Å². The normalized spacial score (nSPS) is 20.3. The Kier molecular flexibility index (Phi) is 6.53. The second-order valence-corrected chi connectivity index (χ2v) is 8.31. The number of fused-ring (bicyclic) bond motifs is 1. The van der Waals surface area contributed by atoms with Crippen LogP contribution in [0.1, 0.15) is 53.9 Å². The summed E-state index contributed by atoms with van der Waals surface area (Å²) in [6.07, 6.45) is 1.22. The second-order valence-electron chi connectivity index (χ2n) is 8.31. The molecule has 8 heteroatoms. The topological polar surface area (TPSA) is 94.2 Å². The highest BCUT2D eigenvalue weighted by Crippen LogP contribution is 2.45. The van der Waals surface area contributed by atoms with Gasteiger partial charge in [0.25, 0.3) is 0 Å². The molecule has 2 amide bonds. The number of nitrogens with one attached hydrogen (secondary N) is 1. The van der Waals surface area contributed by atoms with Crippen LogP contribution in [0.2, 0.25) is 0 Å². The number of ether oxygens (including phenoxy) is 3.